The maximum atomic E-state index is 8.58. The van der Waals surface area contributed by atoms with Crippen LogP contribution in [0.3, 0.4) is 0 Å². The SMILES string of the molecule is OCCCCNCCN1CCOCC1. The fourth-order valence-electron chi connectivity index (χ4n) is 1.55. The average molecular weight is 202 g/mol. The Kier molecular flexibility index (Phi) is 6.95. The van der Waals surface area contributed by atoms with Crippen molar-refractivity contribution < 1.29 is 9.84 Å². The van der Waals surface area contributed by atoms with Crippen molar-refractivity contribution in [2.45, 2.75) is 12.8 Å². The molecule has 14 heavy (non-hydrogen) atoms. The van der Waals surface area contributed by atoms with Crippen LogP contribution in [-0.2, 0) is 4.74 Å². The van der Waals surface area contributed by atoms with E-state index in [4.69, 9.17) is 9.84 Å². The van der Waals surface area contributed by atoms with Crippen molar-refractivity contribution in [2.75, 3.05) is 52.5 Å². The second kappa shape index (κ2) is 8.17. The lowest BCUT2D eigenvalue weighted by molar-refractivity contribution is 0.0384. The van der Waals surface area contributed by atoms with E-state index >= 15 is 0 Å². The molecule has 2 N–H and O–H groups in total. The summed E-state index contributed by atoms with van der Waals surface area (Å²) in [6.45, 7) is 7.38. The first-order chi connectivity index (χ1) is 6.93. The zero-order valence-electron chi connectivity index (χ0n) is 8.87. The second-order valence-electron chi connectivity index (χ2n) is 3.63. The minimum atomic E-state index is 0.311. The van der Waals surface area contributed by atoms with Crippen molar-refractivity contribution in [3.8, 4) is 0 Å². The number of nitrogens with one attached hydrogen (secondary N) is 1. The Morgan fingerprint density at radius 1 is 1.14 bits per heavy atom. The van der Waals surface area contributed by atoms with Gasteiger partial charge >= 0.3 is 0 Å². The van der Waals surface area contributed by atoms with E-state index in [-0.39, 0.29) is 0 Å². The van der Waals surface area contributed by atoms with Gasteiger partial charge in [-0.15, -0.1) is 0 Å². The largest absolute Gasteiger partial charge is 0.396 e. The summed E-state index contributed by atoms with van der Waals surface area (Å²) >= 11 is 0. The van der Waals surface area contributed by atoms with E-state index in [0.717, 1.165) is 58.8 Å². The van der Waals surface area contributed by atoms with Gasteiger partial charge in [0, 0.05) is 32.8 Å². The molecule has 1 heterocycles. The van der Waals surface area contributed by atoms with E-state index < -0.39 is 0 Å². The van der Waals surface area contributed by atoms with E-state index in [2.05, 4.69) is 10.2 Å². The van der Waals surface area contributed by atoms with Gasteiger partial charge in [-0.2, -0.15) is 0 Å². The molecule has 0 saturated carbocycles. The fourth-order valence-corrected chi connectivity index (χ4v) is 1.55. The fraction of sp³-hybridized carbons (Fsp3) is 1.00. The quantitative estimate of drug-likeness (QED) is 0.555. The first-order valence-electron chi connectivity index (χ1n) is 5.55. The van der Waals surface area contributed by atoms with Crippen LogP contribution in [0, 0.1) is 0 Å². The summed E-state index contributed by atoms with van der Waals surface area (Å²) in [6, 6.07) is 0. The molecule has 1 aliphatic heterocycles. The first kappa shape index (κ1) is 11.9. The molecule has 0 spiro atoms. The Morgan fingerprint density at radius 2 is 1.93 bits per heavy atom. The third-order valence-electron chi connectivity index (χ3n) is 2.47. The maximum Gasteiger partial charge on any atom is 0.0594 e. The van der Waals surface area contributed by atoms with Gasteiger partial charge in [0.2, 0.25) is 0 Å². The van der Waals surface area contributed by atoms with Gasteiger partial charge in [-0.1, -0.05) is 0 Å². The number of ether oxygens (including phenoxy) is 1. The molecule has 0 amide bonds. The summed E-state index contributed by atoms with van der Waals surface area (Å²) in [6.07, 6.45) is 1.98. The standard InChI is InChI=1S/C10H22N2O2/c13-8-2-1-3-11-4-5-12-6-9-14-10-7-12/h11,13H,1-10H2. The highest BCUT2D eigenvalue weighted by molar-refractivity contribution is 4.62. The van der Waals surface area contributed by atoms with E-state index in [1.165, 1.54) is 0 Å². The van der Waals surface area contributed by atoms with Crippen LogP contribution in [0.25, 0.3) is 0 Å². The van der Waals surface area contributed by atoms with Crippen molar-refractivity contribution in [3.63, 3.8) is 0 Å². The third kappa shape index (κ3) is 5.54. The number of nitrogens with zero attached hydrogens (tertiary/aromatic N) is 1. The second-order valence-corrected chi connectivity index (χ2v) is 3.63. The van der Waals surface area contributed by atoms with Crippen LogP contribution in [0.4, 0.5) is 0 Å². The van der Waals surface area contributed by atoms with Crippen molar-refractivity contribution in [1.82, 2.24) is 10.2 Å². The molecule has 4 nitrogen and oxygen atoms in total. The number of unbranched alkanes of at least 4 members (excludes halogenated alkanes) is 1. The Balaban J connectivity index is 1.82. The molecule has 0 aliphatic carbocycles. The van der Waals surface area contributed by atoms with E-state index in [1.54, 1.807) is 0 Å². The molecule has 1 fully saturated rings. The molecule has 4 heteroatoms. The minimum absolute atomic E-state index is 0.311. The monoisotopic (exact) mass is 202 g/mol. The lowest BCUT2D eigenvalue weighted by Gasteiger charge is -2.26. The molecule has 1 aliphatic rings. The van der Waals surface area contributed by atoms with Gasteiger partial charge in [0.05, 0.1) is 13.2 Å². The van der Waals surface area contributed by atoms with Gasteiger partial charge < -0.3 is 15.2 Å². The van der Waals surface area contributed by atoms with Gasteiger partial charge in [0.15, 0.2) is 0 Å². The Morgan fingerprint density at radius 3 is 2.64 bits per heavy atom. The number of hydrogen-bond donors (Lipinski definition) is 2. The van der Waals surface area contributed by atoms with Crippen LogP contribution in [0.15, 0.2) is 0 Å². The molecule has 0 atom stereocenters. The molecule has 0 aromatic rings. The van der Waals surface area contributed by atoms with Crippen molar-refractivity contribution in [3.05, 3.63) is 0 Å². The lowest BCUT2D eigenvalue weighted by Crippen LogP contribution is -2.40. The molecule has 1 saturated heterocycles. The van der Waals surface area contributed by atoms with Gasteiger partial charge in [-0.3, -0.25) is 4.90 Å². The summed E-state index contributed by atoms with van der Waals surface area (Å²) in [5.74, 6) is 0. The van der Waals surface area contributed by atoms with Gasteiger partial charge in [0.1, 0.15) is 0 Å². The van der Waals surface area contributed by atoms with Crippen LogP contribution in [0.1, 0.15) is 12.8 Å². The summed E-state index contributed by atoms with van der Waals surface area (Å²) in [5.41, 5.74) is 0. The lowest BCUT2D eigenvalue weighted by atomic mass is 10.3. The molecule has 1 rings (SSSR count). The highest BCUT2D eigenvalue weighted by Gasteiger charge is 2.08. The van der Waals surface area contributed by atoms with Crippen LogP contribution < -0.4 is 5.32 Å². The maximum absolute atomic E-state index is 8.58. The van der Waals surface area contributed by atoms with Crippen molar-refractivity contribution in [1.29, 1.82) is 0 Å². The molecule has 0 aromatic heterocycles. The zero-order valence-corrected chi connectivity index (χ0v) is 8.87. The molecular formula is C10H22N2O2. The Labute approximate surface area is 86.2 Å². The minimum Gasteiger partial charge on any atom is -0.396 e. The molecule has 0 unspecified atom stereocenters. The smallest absolute Gasteiger partial charge is 0.0594 e. The number of aliphatic hydroxyl groups excluding tert-OH is 1. The number of rotatable bonds is 7. The topological polar surface area (TPSA) is 44.7 Å². The number of aliphatic hydroxyl groups is 1. The van der Waals surface area contributed by atoms with Crippen LogP contribution in [0.2, 0.25) is 0 Å². The van der Waals surface area contributed by atoms with Gasteiger partial charge in [-0.25, -0.2) is 0 Å². The van der Waals surface area contributed by atoms with Gasteiger partial charge in [0.25, 0.3) is 0 Å². The zero-order chi connectivity index (χ0) is 10.1. The van der Waals surface area contributed by atoms with E-state index in [9.17, 15) is 0 Å². The van der Waals surface area contributed by atoms with Crippen LogP contribution in [-0.4, -0.2) is 62.6 Å². The first-order valence-corrected chi connectivity index (χ1v) is 5.55. The highest BCUT2D eigenvalue weighted by Crippen LogP contribution is 1.94. The molecule has 0 radical (unpaired) electrons. The van der Waals surface area contributed by atoms with Crippen LogP contribution >= 0.6 is 0 Å². The highest BCUT2D eigenvalue weighted by atomic mass is 16.5. The van der Waals surface area contributed by atoms with E-state index in [1.807, 2.05) is 0 Å². The summed E-state index contributed by atoms with van der Waals surface area (Å²) in [4.78, 5) is 2.42. The molecule has 0 bridgehead atoms. The Hall–Kier alpha value is -0.160. The average Bonchev–Trinajstić information content (AvgIpc) is 2.25. The predicted molar refractivity (Wildman–Crippen MR) is 56.4 cm³/mol. The van der Waals surface area contributed by atoms with E-state index in [0.29, 0.717) is 6.61 Å². The Bertz CT molecular complexity index is 127. The van der Waals surface area contributed by atoms with Crippen molar-refractivity contribution in [2.24, 2.45) is 0 Å². The summed E-state index contributed by atoms with van der Waals surface area (Å²) < 4.78 is 5.27. The molecule has 0 aromatic carbocycles. The van der Waals surface area contributed by atoms with Gasteiger partial charge in [-0.05, 0) is 19.4 Å². The molecule has 84 valence electrons. The number of morpholine rings is 1. The summed E-state index contributed by atoms with van der Waals surface area (Å²) in [7, 11) is 0. The van der Waals surface area contributed by atoms with Crippen molar-refractivity contribution >= 4 is 0 Å². The third-order valence-corrected chi connectivity index (χ3v) is 2.47. The molecular weight excluding hydrogens is 180 g/mol. The normalized spacial score (nSPS) is 18.6. The summed E-state index contributed by atoms with van der Waals surface area (Å²) in [5, 5.41) is 12.0. The van der Waals surface area contributed by atoms with Crippen LogP contribution in [0.5, 0.6) is 0 Å². The number of hydrogen-bond acceptors (Lipinski definition) is 4. The predicted octanol–water partition coefficient (Wildman–Crippen LogP) is -0.319.